The lowest BCUT2D eigenvalue weighted by Gasteiger charge is -2.11. The fourth-order valence-corrected chi connectivity index (χ4v) is 13.1. The van der Waals surface area contributed by atoms with Crippen LogP contribution in [0.5, 0.6) is 23.0 Å². The molecule has 0 spiro atoms. The van der Waals surface area contributed by atoms with Gasteiger partial charge in [-0.3, -0.25) is 40.4 Å². The van der Waals surface area contributed by atoms with Crippen molar-refractivity contribution in [3.63, 3.8) is 0 Å². The summed E-state index contributed by atoms with van der Waals surface area (Å²) in [6.45, 7) is 9.26. The van der Waals surface area contributed by atoms with Crippen LogP contribution >= 0.6 is 11.6 Å². The molecule has 0 fully saturated rings. The van der Waals surface area contributed by atoms with Crippen LogP contribution in [0.1, 0.15) is 85.9 Å². The maximum Gasteiger partial charge on any atom is 0.573 e. The van der Waals surface area contributed by atoms with Crippen LogP contribution in [-0.2, 0) is 26.1 Å². The van der Waals surface area contributed by atoms with Crippen molar-refractivity contribution in [1.82, 2.24) is 59.1 Å². The van der Waals surface area contributed by atoms with Gasteiger partial charge in [0.15, 0.2) is 0 Å². The minimum absolute atomic E-state index is 0.0879. The van der Waals surface area contributed by atoms with Crippen LogP contribution in [0.2, 0.25) is 5.02 Å². The number of anilines is 8. The lowest BCUT2D eigenvalue weighted by atomic mass is 10.1. The number of carbonyl (C=O) groups excluding carboxylic acids is 4. The number of aromatic nitrogens is 12. The SMILES string of the molecule is COc1ccc(CNc2nc(NC(=O)c3ccccc3C)n(-c3ccc(OC(F)(F)F)cc3)n2)cc1.Cc1ccccc1C(=O)Nc1nc(NCCc2ccccc2)nn1-c1ccc(OC(F)(F)F)cc1.Cc1ccccc1C(=O)Nc1nc(NCc2ccccc2)nn1-c1ccc(Cl)cc1.Cc1ccccc1C(=O)Nc1nc(NCc2ccccc2)nn1-c1ccc(OC(F)(F)F)cc1. The van der Waals surface area contributed by atoms with E-state index in [1.807, 2.05) is 197 Å². The summed E-state index contributed by atoms with van der Waals surface area (Å²) in [4.78, 5) is 69.1. The number of hydrogen-bond donors (Lipinski definition) is 8. The smallest absolute Gasteiger partial charge is 0.497 e. The number of nitrogens with one attached hydrogen (secondary N) is 8. The zero-order valence-electron chi connectivity index (χ0n) is 72.4. The molecule has 135 heavy (non-hydrogen) atoms. The number of ether oxygens (including phenoxy) is 4. The Kier molecular flexibility index (Phi) is 31.6. The summed E-state index contributed by atoms with van der Waals surface area (Å²) in [5, 5.41) is 41.9. The molecule has 0 aliphatic rings. The number of hydrogen-bond acceptors (Lipinski definition) is 20. The second-order valence-corrected chi connectivity index (χ2v) is 29.8. The Bertz CT molecular complexity index is 6660. The maximum atomic E-state index is 12.9. The summed E-state index contributed by atoms with van der Waals surface area (Å²) >= 11 is 6.02. The third kappa shape index (κ3) is 28.1. The van der Waals surface area contributed by atoms with Gasteiger partial charge in [-0.2, -0.15) is 38.7 Å². The molecule has 28 nitrogen and oxygen atoms in total. The van der Waals surface area contributed by atoms with Crippen LogP contribution in [-0.4, -0.2) is 115 Å². The zero-order chi connectivity index (χ0) is 95.6. The quantitative estimate of drug-likeness (QED) is 0.0202. The summed E-state index contributed by atoms with van der Waals surface area (Å²) in [5.41, 5.74) is 11.2. The van der Waals surface area contributed by atoms with E-state index in [-0.39, 0.29) is 64.8 Å². The van der Waals surface area contributed by atoms with E-state index in [1.165, 1.54) is 62.6 Å². The lowest BCUT2D eigenvalue weighted by molar-refractivity contribution is -0.275. The Hall–Kier alpha value is -16.9. The molecule has 4 heterocycles. The Morgan fingerprint density at radius 3 is 0.800 bits per heavy atom. The minimum Gasteiger partial charge on any atom is -0.497 e. The molecule has 0 saturated heterocycles. The van der Waals surface area contributed by atoms with Gasteiger partial charge in [-0.05, 0) is 212 Å². The number of methoxy groups -OCH3 is 1. The molecule has 0 saturated carbocycles. The molecule has 38 heteroatoms. The summed E-state index contributed by atoms with van der Waals surface area (Å²) in [6.07, 6.45) is -13.7. The second-order valence-electron chi connectivity index (χ2n) is 29.4. The van der Waals surface area contributed by atoms with Crippen LogP contribution in [0, 0.1) is 27.7 Å². The first-order valence-corrected chi connectivity index (χ1v) is 41.7. The highest BCUT2D eigenvalue weighted by atomic mass is 35.5. The lowest BCUT2D eigenvalue weighted by Crippen LogP contribution is -2.17. The first kappa shape index (κ1) is 95.7. The van der Waals surface area contributed by atoms with Gasteiger partial charge < -0.3 is 40.2 Å². The molecule has 0 unspecified atom stereocenters. The Labute approximate surface area is 771 Å². The van der Waals surface area contributed by atoms with E-state index >= 15 is 0 Å². The number of aryl methyl sites for hydroxylation is 4. The van der Waals surface area contributed by atoms with Gasteiger partial charge in [-0.1, -0.05) is 188 Å². The predicted octanol–water partition coefficient (Wildman–Crippen LogP) is 21.2. The van der Waals surface area contributed by atoms with Gasteiger partial charge in [0.1, 0.15) is 23.0 Å². The monoisotopic (exact) mass is 1860 g/mol. The predicted molar refractivity (Wildman–Crippen MR) is 494 cm³/mol. The summed E-state index contributed by atoms with van der Waals surface area (Å²) < 4.78 is 135. The molecule has 0 aliphatic heterocycles. The normalized spacial score (nSPS) is 11.0. The van der Waals surface area contributed by atoms with Crippen molar-refractivity contribution in [2.24, 2.45) is 0 Å². The van der Waals surface area contributed by atoms with E-state index in [4.69, 9.17) is 16.3 Å². The molecule has 0 bridgehead atoms. The Morgan fingerprint density at radius 2 is 0.533 bits per heavy atom. The molecular formula is C97H84ClF9N20O8. The molecule has 12 aromatic carbocycles. The molecule has 0 atom stereocenters. The van der Waals surface area contributed by atoms with Gasteiger partial charge in [0.2, 0.25) is 47.6 Å². The van der Waals surface area contributed by atoms with Crippen LogP contribution in [0.25, 0.3) is 22.7 Å². The fourth-order valence-electron chi connectivity index (χ4n) is 13.0. The largest absolute Gasteiger partial charge is 0.573 e. The first-order valence-electron chi connectivity index (χ1n) is 41.3. The molecule has 0 radical (unpaired) electrons. The summed E-state index contributed by atoms with van der Waals surface area (Å²) in [7, 11) is 1.58. The number of carbonyl (C=O) groups is 4. The molecule has 4 amide bonds. The van der Waals surface area contributed by atoms with Crippen LogP contribution in [0.15, 0.2) is 309 Å². The molecule has 8 N–H and O–H groups in total. The van der Waals surface area contributed by atoms with E-state index < -0.39 is 30.9 Å². The number of nitrogens with zero attached hydrogens (tertiary/aromatic N) is 12. The van der Waals surface area contributed by atoms with Crippen molar-refractivity contribution in [2.45, 2.75) is 72.8 Å². The fraction of sp³-hybridized carbons (Fsp3) is 0.134. The maximum absolute atomic E-state index is 12.9. The van der Waals surface area contributed by atoms with Gasteiger partial charge in [-0.15, -0.1) is 59.9 Å². The minimum atomic E-state index is -4.81. The molecule has 0 aliphatic carbocycles. The summed E-state index contributed by atoms with van der Waals surface area (Å²) in [6, 6.07) is 87.9. The van der Waals surface area contributed by atoms with E-state index in [0.717, 1.165) is 86.6 Å². The third-order valence-electron chi connectivity index (χ3n) is 19.6. The van der Waals surface area contributed by atoms with E-state index in [0.29, 0.717) is 82.4 Å². The standard InChI is InChI=1S/C25H22F3N5O3.C25H22F3N5O2.C24H20F3N5O2.C23H20ClN5O/c1-16-5-3-4-6-21(16)22(34)30-24-31-23(29-15-17-7-11-19(35-2)12-8-17)32-33(24)18-9-13-20(14-10-18)36-25(26,27)28;1-17-7-5-6-10-21(17)22(34)30-24-31-23(29-16-15-18-8-3-2-4-9-18)32-33(24)19-11-13-20(14-12-19)35-25(26,27)28;1-16-7-5-6-10-20(16)21(33)29-23-30-22(28-15-17-8-3-2-4-9-17)31-32(23)18-11-13-19(14-12-18)34-24(25,26)27;1-16-7-5-6-10-20(16)21(30)26-23-27-22(25-15-17-8-3-2-4-9-17)28-29(23)19-13-11-18(24)12-14-19/h3-14H,15H2,1-2H3,(H2,29,30,31,32,34);2-14H,15-16H2,1H3,(H2,29,30,31,32,34);2-14H,15H2,1H3,(H2,28,29,30,31,33);2-14H,15H2,1H3,(H2,25,26,27,28,30). The van der Waals surface area contributed by atoms with Crippen molar-refractivity contribution >= 4 is 82.8 Å². The van der Waals surface area contributed by atoms with Crippen LogP contribution in [0.3, 0.4) is 0 Å². The molecular weight excluding hydrogens is 1780 g/mol. The van der Waals surface area contributed by atoms with Crippen molar-refractivity contribution in [1.29, 1.82) is 0 Å². The number of alkyl halides is 9. The number of rotatable bonds is 29. The first-order chi connectivity index (χ1) is 64.9. The topological polar surface area (TPSA) is 324 Å². The van der Waals surface area contributed by atoms with Gasteiger partial charge in [0.05, 0.1) is 29.9 Å². The second kappa shape index (κ2) is 44.6. The van der Waals surface area contributed by atoms with Gasteiger partial charge in [0, 0.05) is 53.5 Å². The Morgan fingerprint density at radius 1 is 0.296 bits per heavy atom. The molecule has 690 valence electrons. The van der Waals surface area contributed by atoms with Crippen LogP contribution in [0.4, 0.5) is 87.1 Å². The molecule has 16 aromatic rings. The summed E-state index contributed by atoms with van der Waals surface area (Å²) in [5.74, 6) is -0.0721. The van der Waals surface area contributed by atoms with Gasteiger partial charge in [-0.25, -0.2) is 0 Å². The highest BCUT2D eigenvalue weighted by Crippen LogP contribution is 2.32. The van der Waals surface area contributed by atoms with Crippen molar-refractivity contribution < 1.29 is 77.6 Å². The van der Waals surface area contributed by atoms with Gasteiger partial charge >= 0.3 is 19.1 Å². The highest BCUT2D eigenvalue weighted by molar-refractivity contribution is 6.30. The number of benzene rings is 12. The van der Waals surface area contributed by atoms with E-state index in [1.54, 1.807) is 79.4 Å². The van der Waals surface area contributed by atoms with Crippen molar-refractivity contribution in [3.05, 3.63) is 381 Å². The number of amides is 4. The van der Waals surface area contributed by atoms with Gasteiger partial charge in [0.25, 0.3) is 23.6 Å². The highest BCUT2D eigenvalue weighted by Gasteiger charge is 2.34. The molecule has 4 aromatic heterocycles. The average Bonchev–Trinajstić information content (AvgIpc) is 1.69. The molecule has 16 rings (SSSR count). The van der Waals surface area contributed by atoms with Crippen molar-refractivity contribution in [3.8, 4) is 45.7 Å². The van der Waals surface area contributed by atoms with Crippen LogP contribution < -0.4 is 61.5 Å². The number of halogens is 10. The van der Waals surface area contributed by atoms with Crippen molar-refractivity contribution in [2.75, 3.05) is 56.2 Å². The third-order valence-corrected chi connectivity index (χ3v) is 19.9. The Balaban J connectivity index is 0.000000153. The zero-order valence-corrected chi connectivity index (χ0v) is 73.1. The van der Waals surface area contributed by atoms with E-state index in [2.05, 4.69) is 97.1 Å². The van der Waals surface area contributed by atoms with E-state index in [9.17, 15) is 58.7 Å². The average molecular weight is 1860 g/mol.